The second-order valence-electron chi connectivity index (χ2n) is 20.9. The maximum Gasteiger partial charge on any atom is 0.338 e. The number of rotatable bonds is 25. The first-order valence-electron chi connectivity index (χ1n) is 28.4. The van der Waals surface area contributed by atoms with Gasteiger partial charge in [-0.05, 0) is 65.9 Å². The van der Waals surface area contributed by atoms with Crippen molar-refractivity contribution in [3.8, 4) is 0 Å². The lowest BCUT2D eigenvalue weighted by Gasteiger charge is -2.51. The minimum Gasteiger partial charge on any atom is -0.453 e. The van der Waals surface area contributed by atoms with E-state index in [4.69, 9.17) is 61.6 Å². The number of hydrogen-bond acceptors (Lipinski definition) is 16. The second-order valence-corrected chi connectivity index (χ2v) is 20.9. The summed E-state index contributed by atoms with van der Waals surface area (Å²) in [5, 5.41) is 12.5. The number of ether oxygens (including phenoxy) is 13. The van der Waals surface area contributed by atoms with Gasteiger partial charge in [-0.2, -0.15) is 0 Å². The quantitative estimate of drug-likeness (QED) is 0.0535. The maximum atomic E-state index is 14.4. The molecule has 15 atom stereocenters. The molecule has 10 rings (SSSR count). The summed E-state index contributed by atoms with van der Waals surface area (Å²) in [6.45, 7) is 4.02. The topological polar surface area (TPSA) is 174 Å². The number of hydrogen-bond donors (Lipinski definition) is 1. The molecule has 0 aromatic heterocycles. The van der Waals surface area contributed by atoms with Gasteiger partial charge in [-0.3, -0.25) is 0 Å². The Morgan fingerprint density at radius 2 is 0.726 bits per heavy atom. The van der Waals surface area contributed by atoms with E-state index in [1.54, 1.807) is 81.6 Å². The van der Waals surface area contributed by atoms with E-state index in [-0.39, 0.29) is 50.8 Å². The van der Waals surface area contributed by atoms with E-state index in [1.165, 1.54) is 0 Å². The summed E-state index contributed by atoms with van der Waals surface area (Å²) in [4.78, 5) is 28.0. The Hall–Kier alpha value is -7.00. The Balaban J connectivity index is 1.04. The van der Waals surface area contributed by atoms with Crippen molar-refractivity contribution in [3.63, 3.8) is 0 Å². The average Bonchev–Trinajstić information content (AvgIpc) is 2.85. The van der Waals surface area contributed by atoms with Gasteiger partial charge >= 0.3 is 11.9 Å². The third-order valence-electron chi connectivity index (χ3n) is 14.9. The van der Waals surface area contributed by atoms with E-state index in [0.717, 1.165) is 27.8 Å². The third kappa shape index (κ3) is 15.8. The highest BCUT2D eigenvalue weighted by atomic mass is 16.8. The van der Waals surface area contributed by atoms with E-state index in [1.807, 2.05) is 152 Å². The number of esters is 2. The van der Waals surface area contributed by atoms with Crippen LogP contribution >= 0.6 is 0 Å². The molecule has 16 heteroatoms. The Morgan fingerprint density at radius 1 is 0.381 bits per heavy atom. The Kier molecular flexibility index (Phi) is 21.6. The van der Waals surface area contributed by atoms with E-state index in [2.05, 4.69) is 0 Å². The van der Waals surface area contributed by atoms with Crippen molar-refractivity contribution in [2.45, 2.75) is 139 Å². The van der Waals surface area contributed by atoms with Gasteiger partial charge in [0.2, 0.25) is 0 Å². The smallest absolute Gasteiger partial charge is 0.338 e. The summed E-state index contributed by atoms with van der Waals surface area (Å²) < 4.78 is 87.8. The van der Waals surface area contributed by atoms with Crippen LogP contribution in [-0.4, -0.2) is 123 Å². The van der Waals surface area contributed by atoms with Crippen LogP contribution in [0.2, 0.25) is 0 Å². The van der Waals surface area contributed by atoms with E-state index in [9.17, 15) is 14.7 Å². The van der Waals surface area contributed by atoms with Crippen molar-refractivity contribution in [1.82, 2.24) is 0 Å². The molecule has 7 aromatic carbocycles. The van der Waals surface area contributed by atoms with Crippen LogP contribution in [0.4, 0.5) is 0 Å². The van der Waals surface area contributed by atoms with Gasteiger partial charge in [0.15, 0.2) is 31.1 Å². The van der Waals surface area contributed by atoms with Gasteiger partial charge in [-0.1, -0.05) is 188 Å². The lowest BCUT2D eigenvalue weighted by atomic mass is 9.95. The van der Waals surface area contributed by atoms with E-state index >= 15 is 0 Å². The zero-order chi connectivity index (χ0) is 58.0. The van der Waals surface area contributed by atoms with Crippen molar-refractivity contribution in [2.75, 3.05) is 13.7 Å². The lowest BCUT2D eigenvalue weighted by Crippen LogP contribution is -2.67. The van der Waals surface area contributed by atoms with Gasteiger partial charge < -0.3 is 66.7 Å². The molecule has 0 bridgehead atoms. The Morgan fingerprint density at radius 3 is 1.17 bits per heavy atom. The van der Waals surface area contributed by atoms with Crippen LogP contribution in [0.1, 0.15) is 62.4 Å². The highest BCUT2D eigenvalue weighted by molar-refractivity contribution is 5.90. The molecule has 84 heavy (non-hydrogen) atoms. The molecule has 0 spiro atoms. The fourth-order valence-corrected chi connectivity index (χ4v) is 10.5. The summed E-state index contributed by atoms with van der Waals surface area (Å²) >= 11 is 0. The zero-order valence-corrected chi connectivity index (χ0v) is 47.2. The molecule has 3 fully saturated rings. The molecule has 0 saturated carbocycles. The molecule has 0 radical (unpaired) electrons. The molecular formula is C68H72O16. The summed E-state index contributed by atoms with van der Waals surface area (Å²) in [5.41, 5.74) is 4.89. The fraction of sp³-hybridized carbons (Fsp3) is 0.353. The van der Waals surface area contributed by atoms with Gasteiger partial charge in [0.05, 0.1) is 63.0 Å². The minimum absolute atomic E-state index is 0.00551. The largest absolute Gasteiger partial charge is 0.453 e. The summed E-state index contributed by atoms with van der Waals surface area (Å²) in [7, 11) is 1.55. The SMILES string of the molecule is CO[C@H]1O[C@H](COCc2ccccc2)[C@@H](O[C@@H]2O[C@H](C)[C@@H](OC(=O)c3ccccc3)[C@H](O[C@H]3O[C@H](C)[C@@H](OC(=O)c4ccccc4)[C@H](O)[C@@H]3OCc3ccccc3)[C@@H]2OCc2ccccc2)[C@H](OCc2ccccc2)[C@H]1OCc1ccccc1. The summed E-state index contributed by atoms with van der Waals surface area (Å²) in [6.07, 6.45) is -17.3. The van der Waals surface area contributed by atoms with Crippen LogP contribution in [-0.2, 0) is 94.6 Å². The highest BCUT2D eigenvalue weighted by Crippen LogP contribution is 2.39. The Labute approximate surface area is 490 Å². The highest BCUT2D eigenvalue weighted by Gasteiger charge is 2.57. The van der Waals surface area contributed by atoms with Crippen molar-refractivity contribution in [1.29, 1.82) is 0 Å². The first kappa shape index (κ1) is 60.1. The molecule has 3 aliphatic heterocycles. The number of carbonyl (C=O) groups is 2. The molecule has 16 nitrogen and oxygen atoms in total. The Bertz CT molecular complexity index is 3040. The normalized spacial score (nSPS) is 27.8. The van der Waals surface area contributed by atoms with Crippen molar-refractivity contribution >= 4 is 11.9 Å². The second kappa shape index (κ2) is 30.2. The number of methoxy groups -OCH3 is 1. The molecule has 3 aliphatic rings. The molecule has 440 valence electrons. The molecule has 0 aliphatic carbocycles. The number of aliphatic hydroxyl groups excluding tert-OH is 1. The number of carbonyl (C=O) groups excluding carboxylic acids is 2. The number of aliphatic hydroxyl groups is 1. The zero-order valence-electron chi connectivity index (χ0n) is 47.2. The average molecular weight is 1150 g/mol. The van der Waals surface area contributed by atoms with Crippen molar-refractivity contribution in [2.24, 2.45) is 0 Å². The first-order chi connectivity index (χ1) is 41.2. The molecule has 7 aromatic rings. The first-order valence-corrected chi connectivity index (χ1v) is 28.4. The van der Waals surface area contributed by atoms with Crippen LogP contribution in [0.3, 0.4) is 0 Å². The molecular weight excluding hydrogens is 1070 g/mol. The molecule has 1 N–H and O–H groups in total. The van der Waals surface area contributed by atoms with Crippen LogP contribution < -0.4 is 0 Å². The summed E-state index contributed by atoms with van der Waals surface area (Å²) in [6, 6.07) is 65.3. The molecule has 0 unspecified atom stereocenters. The minimum atomic E-state index is -1.51. The van der Waals surface area contributed by atoms with Gasteiger partial charge in [-0.25, -0.2) is 9.59 Å². The molecule has 3 saturated heterocycles. The van der Waals surface area contributed by atoms with Crippen LogP contribution in [0.15, 0.2) is 212 Å². The van der Waals surface area contributed by atoms with E-state index < -0.39 is 104 Å². The summed E-state index contributed by atoms with van der Waals surface area (Å²) in [5.74, 6) is -1.33. The van der Waals surface area contributed by atoms with Crippen LogP contribution in [0.5, 0.6) is 0 Å². The van der Waals surface area contributed by atoms with Gasteiger partial charge in [0, 0.05) is 7.11 Å². The third-order valence-corrected chi connectivity index (χ3v) is 14.9. The van der Waals surface area contributed by atoms with Gasteiger partial charge in [-0.15, -0.1) is 0 Å². The molecule has 3 heterocycles. The van der Waals surface area contributed by atoms with E-state index in [0.29, 0.717) is 0 Å². The van der Waals surface area contributed by atoms with Crippen LogP contribution in [0, 0.1) is 0 Å². The monoisotopic (exact) mass is 1140 g/mol. The predicted molar refractivity (Wildman–Crippen MR) is 308 cm³/mol. The number of benzene rings is 7. The fourth-order valence-electron chi connectivity index (χ4n) is 10.5. The maximum absolute atomic E-state index is 14.4. The lowest BCUT2D eigenvalue weighted by molar-refractivity contribution is -0.386. The predicted octanol–water partition coefficient (Wildman–Crippen LogP) is 9.99. The van der Waals surface area contributed by atoms with Crippen molar-refractivity contribution < 1.29 is 76.3 Å². The van der Waals surface area contributed by atoms with Gasteiger partial charge in [0.1, 0.15) is 48.8 Å². The van der Waals surface area contributed by atoms with Crippen molar-refractivity contribution in [3.05, 3.63) is 251 Å². The molecule has 0 amide bonds. The standard InChI is InChI=1S/C68H72O16/c1-45-56(81-64(70)52-35-21-9-22-36-52)55(69)59(74-40-48-27-13-5-14-28-48)67(78-45)84-61-57(82-65(71)53-37-23-10-24-38-53)46(2)79-68(63(61)77-43-51-33-19-8-20-34-51)83-58-54(44-73-39-47-25-11-4-12-26-47)80-66(72-3)62(76-42-50-31-17-7-18-32-50)60(58)75-41-49-29-15-6-16-30-49/h4-38,45-46,54-63,66-69H,39-44H2,1-3H3/t45-,46-,54-,55+,56-,57-,58-,59+,60+,61+,62-,63+,66+,67-,68+/m1/s1. The van der Waals surface area contributed by atoms with Crippen LogP contribution in [0.25, 0.3) is 0 Å². The van der Waals surface area contributed by atoms with Gasteiger partial charge in [0.25, 0.3) is 0 Å².